The van der Waals surface area contributed by atoms with Gasteiger partial charge in [0.05, 0.1) is 24.9 Å². The van der Waals surface area contributed by atoms with Crippen molar-refractivity contribution in [1.29, 1.82) is 0 Å². The summed E-state index contributed by atoms with van der Waals surface area (Å²) in [5, 5.41) is 11.4. The Balaban J connectivity index is 1.67. The van der Waals surface area contributed by atoms with Crippen LogP contribution in [0.3, 0.4) is 0 Å². The van der Waals surface area contributed by atoms with Gasteiger partial charge in [-0.25, -0.2) is 0 Å². The van der Waals surface area contributed by atoms with Crippen LogP contribution in [0.15, 0.2) is 11.6 Å². The summed E-state index contributed by atoms with van der Waals surface area (Å²) >= 11 is 0. The third-order valence-electron chi connectivity index (χ3n) is 9.81. The first-order valence-corrected chi connectivity index (χ1v) is 11.7. The van der Waals surface area contributed by atoms with Gasteiger partial charge in [-0.1, -0.05) is 18.6 Å². The Bertz CT molecular complexity index is 667. The van der Waals surface area contributed by atoms with E-state index in [9.17, 15) is 5.11 Å². The number of aliphatic hydroxyl groups excluding tert-OH is 1. The molecule has 0 aromatic carbocycles. The molecule has 4 bridgehead atoms. The van der Waals surface area contributed by atoms with E-state index in [-0.39, 0.29) is 41.0 Å². The zero-order valence-electron chi connectivity index (χ0n) is 18.6. The molecule has 5 aliphatic rings. The number of nitrogens with zero attached hydrogens (tertiary/aromatic N) is 1. The number of ether oxygens (including phenoxy) is 3. The van der Waals surface area contributed by atoms with E-state index in [1.54, 1.807) is 0 Å². The van der Waals surface area contributed by atoms with Crippen LogP contribution in [0.1, 0.15) is 39.0 Å². The van der Waals surface area contributed by atoms with Crippen LogP contribution in [0.5, 0.6) is 0 Å². The number of hydrogen-bond donors (Lipinski definition) is 1. The Kier molecular flexibility index (Phi) is 5.15. The van der Waals surface area contributed by atoms with Crippen molar-refractivity contribution in [3.8, 4) is 0 Å². The molecule has 5 nitrogen and oxygen atoms in total. The highest BCUT2D eigenvalue weighted by molar-refractivity contribution is 5.29. The minimum absolute atomic E-state index is 0.0844. The van der Waals surface area contributed by atoms with E-state index in [2.05, 4.69) is 17.9 Å². The van der Waals surface area contributed by atoms with Crippen LogP contribution in [0.2, 0.25) is 0 Å². The van der Waals surface area contributed by atoms with Gasteiger partial charge in [0.25, 0.3) is 0 Å². The van der Waals surface area contributed by atoms with Gasteiger partial charge in [0.2, 0.25) is 0 Å². The Morgan fingerprint density at radius 1 is 1.21 bits per heavy atom. The van der Waals surface area contributed by atoms with E-state index in [0.29, 0.717) is 11.8 Å². The standard InChI is InChI=1S/C24H39NO4/c1-5-25-12-23(14-27-2)9-8-20(29-4)24(13-25)17-11-16-18(28-3)10-15(6-7-19(23)24)21(17)22(16)26/h6,16-22,26H,5,7-14H2,1-4H3/t16-,17-,18+,19-,20+,21?,22+,23+,24+/m1/s1. The zero-order chi connectivity index (χ0) is 20.4. The fraction of sp³-hybridized carbons (Fsp3) is 0.917. The summed E-state index contributed by atoms with van der Waals surface area (Å²) in [6, 6.07) is 0. The number of aliphatic hydroxyl groups is 1. The van der Waals surface area contributed by atoms with Crippen LogP contribution in [-0.2, 0) is 14.2 Å². The number of likely N-dealkylation sites (tertiary alicyclic amines) is 1. The number of hydrogen-bond acceptors (Lipinski definition) is 5. The van der Waals surface area contributed by atoms with Crippen LogP contribution in [0.4, 0.5) is 0 Å². The normalized spacial score (nSPS) is 51.3. The van der Waals surface area contributed by atoms with E-state index in [4.69, 9.17) is 14.2 Å². The highest BCUT2D eigenvalue weighted by Gasteiger charge is 2.69. The molecule has 1 saturated heterocycles. The molecule has 5 rings (SSSR count). The van der Waals surface area contributed by atoms with Crippen LogP contribution in [0, 0.1) is 34.5 Å². The molecular weight excluding hydrogens is 366 g/mol. The first-order chi connectivity index (χ1) is 14.0. The molecule has 0 spiro atoms. The van der Waals surface area contributed by atoms with Gasteiger partial charge in [0.15, 0.2) is 0 Å². The van der Waals surface area contributed by atoms with Crippen molar-refractivity contribution >= 4 is 0 Å². The predicted molar refractivity (Wildman–Crippen MR) is 112 cm³/mol. The molecule has 1 unspecified atom stereocenters. The largest absolute Gasteiger partial charge is 0.392 e. The highest BCUT2D eigenvalue weighted by atomic mass is 16.5. The second kappa shape index (κ2) is 7.30. The van der Waals surface area contributed by atoms with E-state index in [1.807, 2.05) is 21.3 Å². The minimum atomic E-state index is -0.272. The van der Waals surface area contributed by atoms with E-state index in [1.165, 1.54) is 12.0 Å². The van der Waals surface area contributed by atoms with Crippen molar-refractivity contribution in [3.63, 3.8) is 0 Å². The lowest BCUT2D eigenvalue weighted by Crippen LogP contribution is -2.69. The molecule has 1 aliphatic heterocycles. The van der Waals surface area contributed by atoms with Gasteiger partial charge in [-0.2, -0.15) is 0 Å². The third-order valence-corrected chi connectivity index (χ3v) is 9.81. The summed E-state index contributed by atoms with van der Waals surface area (Å²) in [6.07, 6.45) is 8.10. The van der Waals surface area contributed by atoms with Crippen molar-refractivity contribution in [3.05, 3.63) is 11.6 Å². The van der Waals surface area contributed by atoms with Crippen molar-refractivity contribution in [2.24, 2.45) is 34.5 Å². The number of methoxy groups -OCH3 is 3. The maximum atomic E-state index is 11.4. The summed E-state index contributed by atoms with van der Waals surface area (Å²) in [5.41, 5.74) is 1.74. The molecule has 0 aromatic rings. The summed E-state index contributed by atoms with van der Waals surface area (Å²) in [7, 11) is 5.60. The molecule has 1 N–H and O–H groups in total. The number of fused-ring (bicyclic) bond motifs is 1. The maximum Gasteiger partial charge on any atom is 0.0661 e. The molecule has 3 saturated carbocycles. The first-order valence-electron chi connectivity index (χ1n) is 11.7. The van der Waals surface area contributed by atoms with Gasteiger partial charge in [-0.05, 0) is 50.5 Å². The number of piperidine rings is 1. The fourth-order valence-corrected chi connectivity index (χ4v) is 8.85. The van der Waals surface area contributed by atoms with Crippen molar-refractivity contribution < 1.29 is 19.3 Å². The average molecular weight is 406 g/mol. The smallest absolute Gasteiger partial charge is 0.0661 e. The Morgan fingerprint density at radius 3 is 2.72 bits per heavy atom. The molecule has 29 heavy (non-hydrogen) atoms. The van der Waals surface area contributed by atoms with Crippen molar-refractivity contribution in [2.45, 2.75) is 57.3 Å². The third kappa shape index (κ3) is 2.64. The molecule has 0 radical (unpaired) electrons. The molecule has 4 aliphatic carbocycles. The van der Waals surface area contributed by atoms with Crippen molar-refractivity contribution in [1.82, 2.24) is 4.90 Å². The zero-order valence-corrected chi connectivity index (χ0v) is 18.6. The second-order valence-electron chi connectivity index (χ2n) is 10.5. The van der Waals surface area contributed by atoms with Gasteiger partial charge < -0.3 is 24.2 Å². The fourth-order valence-electron chi connectivity index (χ4n) is 8.85. The number of allylic oxidation sites excluding steroid dienone is 1. The van der Waals surface area contributed by atoms with Gasteiger partial charge in [-0.3, -0.25) is 0 Å². The summed E-state index contributed by atoms with van der Waals surface area (Å²) in [4.78, 5) is 2.66. The van der Waals surface area contributed by atoms with E-state index >= 15 is 0 Å². The van der Waals surface area contributed by atoms with Gasteiger partial charge in [0.1, 0.15) is 0 Å². The first kappa shape index (κ1) is 20.4. The molecule has 9 atom stereocenters. The maximum absolute atomic E-state index is 11.4. The Labute approximate surface area is 175 Å². The average Bonchev–Trinajstić information content (AvgIpc) is 2.88. The molecule has 4 fully saturated rings. The predicted octanol–water partition coefficient (Wildman–Crippen LogP) is 2.73. The van der Waals surface area contributed by atoms with E-state index < -0.39 is 0 Å². The summed E-state index contributed by atoms with van der Waals surface area (Å²) < 4.78 is 18.0. The second-order valence-corrected chi connectivity index (χ2v) is 10.5. The summed E-state index contributed by atoms with van der Waals surface area (Å²) in [5.74, 6) is 1.57. The van der Waals surface area contributed by atoms with Crippen LogP contribution in [0.25, 0.3) is 0 Å². The Morgan fingerprint density at radius 2 is 2.03 bits per heavy atom. The van der Waals surface area contributed by atoms with Gasteiger partial charge in [0, 0.05) is 57.1 Å². The molecule has 0 aromatic heterocycles. The van der Waals surface area contributed by atoms with Crippen LogP contribution < -0.4 is 0 Å². The lowest BCUT2D eigenvalue weighted by atomic mass is 9.46. The summed E-state index contributed by atoms with van der Waals surface area (Å²) in [6.45, 7) is 6.42. The topological polar surface area (TPSA) is 51.2 Å². The lowest BCUT2D eigenvalue weighted by Gasteiger charge is -2.66. The Hall–Kier alpha value is -0.460. The molecule has 5 heteroatoms. The van der Waals surface area contributed by atoms with Crippen molar-refractivity contribution in [2.75, 3.05) is 47.6 Å². The molecule has 1 heterocycles. The van der Waals surface area contributed by atoms with Gasteiger partial charge >= 0.3 is 0 Å². The SMILES string of the molecule is CCN1C[C@]2(COC)CC[C@H](OC)[C@@]3(C1)[C@@H]1C[C@@H]4[C@@H](OC)CC(=CC[C@H]23)C1[C@H]4O. The molecule has 164 valence electrons. The van der Waals surface area contributed by atoms with E-state index in [0.717, 1.165) is 51.9 Å². The monoisotopic (exact) mass is 405 g/mol. The quantitative estimate of drug-likeness (QED) is 0.713. The minimum Gasteiger partial charge on any atom is -0.392 e. The van der Waals surface area contributed by atoms with Crippen LogP contribution >= 0.6 is 0 Å². The molecular formula is C24H39NO4. The number of rotatable bonds is 5. The van der Waals surface area contributed by atoms with Crippen LogP contribution in [-0.4, -0.2) is 75.9 Å². The molecule has 0 amide bonds. The van der Waals surface area contributed by atoms with Gasteiger partial charge in [-0.15, -0.1) is 0 Å². The highest BCUT2D eigenvalue weighted by Crippen LogP contribution is 2.68. The lowest BCUT2D eigenvalue weighted by molar-refractivity contribution is -0.222.